The number of nitrogens with zero attached hydrogens (tertiary/aromatic N) is 3. The quantitative estimate of drug-likeness (QED) is 0.714. The number of hydrogen-bond acceptors (Lipinski definition) is 5. The summed E-state index contributed by atoms with van der Waals surface area (Å²) >= 11 is 0. The number of hydrogen-bond donors (Lipinski definition) is 1. The summed E-state index contributed by atoms with van der Waals surface area (Å²) < 4.78 is 7.39. The lowest BCUT2D eigenvalue weighted by atomic mass is 10.0. The lowest BCUT2D eigenvalue weighted by Gasteiger charge is -2.17. The van der Waals surface area contributed by atoms with Crippen molar-refractivity contribution in [1.82, 2.24) is 9.55 Å². The van der Waals surface area contributed by atoms with E-state index in [0.717, 1.165) is 17.2 Å². The lowest BCUT2D eigenvalue weighted by molar-refractivity contribution is 0.270. The molecule has 0 spiro atoms. The first kappa shape index (κ1) is 17.9. The van der Waals surface area contributed by atoms with E-state index in [4.69, 9.17) is 10.5 Å². The fourth-order valence-electron chi connectivity index (χ4n) is 3.23. The van der Waals surface area contributed by atoms with Crippen molar-refractivity contribution in [1.29, 1.82) is 5.26 Å². The lowest BCUT2D eigenvalue weighted by Crippen LogP contribution is -2.29. The third-order valence-corrected chi connectivity index (χ3v) is 4.45. The molecule has 2 N–H and O–H groups in total. The van der Waals surface area contributed by atoms with Crippen molar-refractivity contribution in [3.8, 4) is 11.8 Å². The molecule has 0 amide bonds. The average molecular weight is 350 g/mol. The molecule has 0 saturated carbocycles. The summed E-state index contributed by atoms with van der Waals surface area (Å²) in [7, 11) is 1.71. The molecular weight excluding hydrogens is 328 g/mol. The summed E-state index contributed by atoms with van der Waals surface area (Å²) in [5, 5.41) is 11.7. The largest absolute Gasteiger partial charge is 0.491 e. The molecule has 0 aliphatic heterocycles. The second-order valence-electron chi connectivity index (χ2n) is 6.96. The molecule has 0 saturated heterocycles. The van der Waals surface area contributed by atoms with Gasteiger partial charge in [0.1, 0.15) is 18.4 Å². The Bertz CT molecular complexity index is 1060. The van der Waals surface area contributed by atoms with E-state index in [0.29, 0.717) is 34.7 Å². The van der Waals surface area contributed by atoms with Crippen LogP contribution >= 0.6 is 0 Å². The Morgan fingerprint density at radius 3 is 2.77 bits per heavy atom. The molecule has 6 heteroatoms. The first-order chi connectivity index (χ1) is 12.4. The second-order valence-corrected chi connectivity index (χ2v) is 6.96. The van der Waals surface area contributed by atoms with Crippen LogP contribution in [-0.4, -0.2) is 22.2 Å². The number of aryl methyl sites for hydroxylation is 1. The second kappa shape index (κ2) is 7.14. The highest BCUT2D eigenvalue weighted by Crippen LogP contribution is 2.29. The van der Waals surface area contributed by atoms with E-state index in [-0.39, 0.29) is 11.6 Å². The number of nitrogens with two attached hydrogens (primary N) is 1. The monoisotopic (exact) mass is 350 g/mol. The molecule has 0 unspecified atom stereocenters. The van der Waals surface area contributed by atoms with Crippen molar-refractivity contribution < 1.29 is 4.74 Å². The Morgan fingerprint density at radius 1 is 1.31 bits per heavy atom. The van der Waals surface area contributed by atoms with Crippen molar-refractivity contribution in [2.75, 3.05) is 6.61 Å². The number of nitriles is 1. The SMILES string of the molecule is CC(C)C[C@H](N)COc1cc2c(cc1C#N)c1ccncc1c(=O)n2C. The van der Waals surface area contributed by atoms with Gasteiger partial charge in [-0.3, -0.25) is 9.78 Å². The predicted molar refractivity (Wildman–Crippen MR) is 102 cm³/mol. The molecule has 1 atom stereocenters. The number of fused-ring (bicyclic) bond motifs is 3. The van der Waals surface area contributed by atoms with Gasteiger partial charge >= 0.3 is 0 Å². The highest BCUT2D eigenvalue weighted by molar-refractivity contribution is 6.06. The van der Waals surface area contributed by atoms with E-state index in [9.17, 15) is 10.1 Å². The standard InChI is InChI=1S/C20H22N4O2/c1-12(2)6-14(22)11-26-19-8-18-16(7-13(19)9-21)15-4-5-23-10-17(15)20(25)24(18)3/h4-5,7-8,10,12,14H,6,11,22H2,1-3H3/t14-/m0/s1. The Kier molecular flexibility index (Phi) is 4.92. The summed E-state index contributed by atoms with van der Waals surface area (Å²) in [5.74, 6) is 0.920. The molecular formula is C20H22N4O2. The first-order valence-electron chi connectivity index (χ1n) is 8.61. The molecule has 3 rings (SSSR count). The minimum Gasteiger partial charge on any atom is -0.491 e. The molecule has 0 aliphatic carbocycles. The van der Waals surface area contributed by atoms with Crippen LogP contribution in [0.4, 0.5) is 0 Å². The third kappa shape index (κ3) is 3.26. The molecule has 134 valence electrons. The zero-order valence-electron chi connectivity index (χ0n) is 15.2. The summed E-state index contributed by atoms with van der Waals surface area (Å²) in [5.41, 5.74) is 7.08. The van der Waals surface area contributed by atoms with Gasteiger partial charge in [0.05, 0.1) is 16.5 Å². The number of aromatic nitrogens is 2. The highest BCUT2D eigenvalue weighted by Gasteiger charge is 2.14. The Morgan fingerprint density at radius 2 is 2.08 bits per heavy atom. The van der Waals surface area contributed by atoms with Crippen LogP contribution in [0.3, 0.4) is 0 Å². The van der Waals surface area contributed by atoms with Crippen molar-refractivity contribution >= 4 is 21.7 Å². The highest BCUT2D eigenvalue weighted by atomic mass is 16.5. The Balaban J connectivity index is 2.12. The summed E-state index contributed by atoms with van der Waals surface area (Å²) in [6.45, 7) is 4.53. The smallest absolute Gasteiger partial charge is 0.260 e. The minimum absolute atomic E-state index is 0.108. The zero-order chi connectivity index (χ0) is 18.8. The summed E-state index contributed by atoms with van der Waals surface area (Å²) in [6, 6.07) is 7.38. The molecule has 0 bridgehead atoms. The number of benzene rings is 1. The van der Waals surface area contributed by atoms with E-state index >= 15 is 0 Å². The fraction of sp³-hybridized carbons (Fsp3) is 0.350. The zero-order valence-corrected chi connectivity index (χ0v) is 15.2. The maximum Gasteiger partial charge on any atom is 0.260 e. The molecule has 0 aliphatic rings. The van der Waals surface area contributed by atoms with Gasteiger partial charge in [0.2, 0.25) is 0 Å². The van der Waals surface area contributed by atoms with Gasteiger partial charge in [-0.25, -0.2) is 0 Å². The van der Waals surface area contributed by atoms with Crippen LogP contribution in [0.2, 0.25) is 0 Å². The van der Waals surface area contributed by atoms with Crippen LogP contribution in [0.1, 0.15) is 25.8 Å². The van der Waals surface area contributed by atoms with Crippen LogP contribution < -0.4 is 16.0 Å². The van der Waals surface area contributed by atoms with Crippen molar-refractivity contribution in [2.24, 2.45) is 18.7 Å². The maximum absolute atomic E-state index is 12.6. The van der Waals surface area contributed by atoms with Crippen molar-refractivity contribution in [3.63, 3.8) is 0 Å². The molecule has 0 radical (unpaired) electrons. The first-order valence-corrected chi connectivity index (χ1v) is 8.61. The van der Waals surface area contributed by atoms with Crippen molar-refractivity contribution in [3.05, 3.63) is 46.5 Å². The number of ether oxygens (including phenoxy) is 1. The van der Waals surface area contributed by atoms with Crippen LogP contribution in [0.5, 0.6) is 5.75 Å². The van der Waals surface area contributed by atoms with E-state index < -0.39 is 0 Å². The van der Waals surface area contributed by atoms with E-state index in [1.807, 2.05) is 0 Å². The van der Waals surface area contributed by atoms with Gasteiger partial charge in [0.15, 0.2) is 0 Å². The van der Waals surface area contributed by atoms with Gasteiger partial charge in [-0.1, -0.05) is 13.8 Å². The van der Waals surface area contributed by atoms with Gasteiger partial charge in [-0.15, -0.1) is 0 Å². The van der Waals surface area contributed by atoms with Crippen LogP contribution in [0, 0.1) is 17.2 Å². The van der Waals surface area contributed by atoms with Gasteiger partial charge in [-0.2, -0.15) is 5.26 Å². The summed E-state index contributed by atoms with van der Waals surface area (Å²) in [6.07, 6.45) is 4.03. The molecule has 0 fully saturated rings. The van der Waals surface area contributed by atoms with Gasteiger partial charge in [0.25, 0.3) is 5.56 Å². The molecule has 3 aromatic rings. The number of pyridine rings is 2. The van der Waals surface area contributed by atoms with E-state index in [1.54, 1.807) is 42.2 Å². The van der Waals surface area contributed by atoms with Gasteiger partial charge < -0.3 is 15.0 Å². The van der Waals surface area contributed by atoms with Gasteiger partial charge in [0, 0.05) is 36.9 Å². The fourth-order valence-corrected chi connectivity index (χ4v) is 3.23. The minimum atomic E-state index is -0.132. The molecule has 26 heavy (non-hydrogen) atoms. The molecule has 2 heterocycles. The van der Waals surface area contributed by atoms with E-state index in [2.05, 4.69) is 24.9 Å². The number of rotatable bonds is 5. The van der Waals surface area contributed by atoms with Crippen LogP contribution in [0.15, 0.2) is 35.4 Å². The van der Waals surface area contributed by atoms with Crippen LogP contribution in [0.25, 0.3) is 21.7 Å². The summed E-state index contributed by atoms with van der Waals surface area (Å²) in [4.78, 5) is 16.6. The van der Waals surface area contributed by atoms with Crippen LogP contribution in [-0.2, 0) is 7.05 Å². The molecule has 1 aromatic carbocycles. The molecule has 2 aromatic heterocycles. The predicted octanol–water partition coefficient (Wildman–Crippen LogP) is 2.71. The normalized spacial score (nSPS) is 12.5. The Hall–Kier alpha value is -2.91. The average Bonchev–Trinajstić information content (AvgIpc) is 2.63. The van der Waals surface area contributed by atoms with Crippen molar-refractivity contribution in [2.45, 2.75) is 26.3 Å². The topological polar surface area (TPSA) is 93.9 Å². The maximum atomic E-state index is 12.6. The Labute approximate surface area is 151 Å². The van der Waals surface area contributed by atoms with E-state index in [1.165, 1.54) is 0 Å². The molecule has 6 nitrogen and oxygen atoms in total. The van der Waals surface area contributed by atoms with Gasteiger partial charge in [-0.05, 0) is 29.9 Å². The third-order valence-electron chi connectivity index (χ3n) is 4.45.